The molecule has 0 fully saturated rings. The second kappa shape index (κ2) is 6.81. The zero-order valence-electron chi connectivity index (χ0n) is 11.6. The second-order valence-corrected chi connectivity index (χ2v) is 5.83. The van der Waals surface area contributed by atoms with Crippen LogP contribution in [-0.2, 0) is 0 Å². The molecule has 1 heterocycles. The topological polar surface area (TPSA) is 73.9 Å². The van der Waals surface area contributed by atoms with Gasteiger partial charge in [0.15, 0.2) is 0 Å². The van der Waals surface area contributed by atoms with Gasteiger partial charge in [0.1, 0.15) is 11.0 Å². The van der Waals surface area contributed by atoms with Crippen molar-refractivity contribution in [2.24, 2.45) is 0 Å². The average Bonchev–Trinajstić information content (AvgIpc) is 2.84. The molecule has 2 N–H and O–H groups in total. The molecule has 0 saturated carbocycles. The quantitative estimate of drug-likeness (QED) is 0.787. The van der Waals surface area contributed by atoms with Crippen LogP contribution in [0, 0.1) is 0 Å². The van der Waals surface area contributed by atoms with Gasteiger partial charge in [0.2, 0.25) is 0 Å². The molecule has 20 heavy (non-hydrogen) atoms. The number of fused-ring (bicyclic) bond motifs is 1. The maximum atomic E-state index is 12.2. The predicted molar refractivity (Wildman–Crippen MR) is 81.7 cm³/mol. The van der Waals surface area contributed by atoms with Crippen LogP contribution in [0.3, 0.4) is 0 Å². The van der Waals surface area contributed by atoms with Crippen LogP contribution in [0.25, 0.3) is 11.0 Å². The number of aromatic nitrogens is 3. The van der Waals surface area contributed by atoms with Crippen LogP contribution in [0.5, 0.6) is 0 Å². The first-order valence-electron chi connectivity index (χ1n) is 6.51. The summed E-state index contributed by atoms with van der Waals surface area (Å²) in [5.74, 6) is -0.116. The molecule has 0 aliphatic carbocycles. The van der Waals surface area contributed by atoms with Crippen molar-refractivity contribution in [2.75, 3.05) is 27.2 Å². The largest absolute Gasteiger partial charge is 0.352 e. The van der Waals surface area contributed by atoms with E-state index in [1.165, 1.54) is 0 Å². The third kappa shape index (κ3) is 3.77. The normalized spacial score (nSPS) is 11.2. The van der Waals surface area contributed by atoms with Crippen molar-refractivity contribution in [2.45, 2.75) is 12.8 Å². The summed E-state index contributed by atoms with van der Waals surface area (Å²) in [6.07, 6.45) is 2.02. The minimum atomic E-state index is -0.116. The first-order chi connectivity index (χ1) is 9.58. The molecule has 0 saturated heterocycles. The second-order valence-electron chi connectivity index (χ2n) is 4.91. The molecule has 1 amide bonds. The minimum absolute atomic E-state index is 0.116. The molecule has 0 bridgehead atoms. The lowest BCUT2D eigenvalue weighted by Gasteiger charge is -2.09. The van der Waals surface area contributed by atoms with Crippen LogP contribution >= 0.6 is 15.9 Å². The maximum absolute atomic E-state index is 12.2. The molecule has 1 aromatic carbocycles. The number of rotatable bonds is 6. The lowest BCUT2D eigenvalue weighted by Crippen LogP contribution is -2.25. The number of unbranched alkanes of at least 4 members (excludes halogenated alkanes) is 1. The Hall–Kier alpha value is -1.47. The molecule has 1 aromatic heterocycles. The molecule has 0 atom stereocenters. The van der Waals surface area contributed by atoms with Gasteiger partial charge in [-0.15, -0.1) is 0 Å². The molecular formula is C13H18BrN5O. The Labute approximate surface area is 126 Å². The standard InChI is InChI=1S/C13H18BrN5O/c1-19(2)6-4-3-5-15-13(20)10-7-9(14)8-11-12(10)17-18-16-11/h7-8H,3-6H2,1-2H3,(H,15,20)(H,16,17,18). The average molecular weight is 340 g/mol. The monoisotopic (exact) mass is 339 g/mol. The van der Waals surface area contributed by atoms with Crippen LogP contribution in [0.4, 0.5) is 0 Å². The first kappa shape index (κ1) is 14.9. The molecule has 7 heteroatoms. The fourth-order valence-electron chi connectivity index (χ4n) is 1.94. The number of carbonyl (C=O) groups excluding carboxylic acids is 1. The third-order valence-corrected chi connectivity index (χ3v) is 3.41. The molecule has 108 valence electrons. The van der Waals surface area contributed by atoms with Crippen molar-refractivity contribution in [3.8, 4) is 0 Å². The van der Waals surface area contributed by atoms with E-state index in [4.69, 9.17) is 0 Å². The van der Waals surface area contributed by atoms with E-state index in [0.29, 0.717) is 23.1 Å². The summed E-state index contributed by atoms with van der Waals surface area (Å²) < 4.78 is 0.816. The van der Waals surface area contributed by atoms with Crippen molar-refractivity contribution < 1.29 is 4.79 Å². The van der Waals surface area contributed by atoms with Gasteiger partial charge in [0.25, 0.3) is 5.91 Å². The summed E-state index contributed by atoms with van der Waals surface area (Å²) in [6, 6.07) is 3.59. The highest BCUT2D eigenvalue weighted by atomic mass is 79.9. The minimum Gasteiger partial charge on any atom is -0.352 e. The number of amides is 1. The van der Waals surface area contributed by atoms with Gasteiger partial charge in [0.05, 0.1) is 5.56 Å². The number of nitrogens with one attached hydrogen (secondary N) is 2. The van der Waals surface area contributed by atoms with Gasteiger partial charge in [-0.3, -0.25) is 4.79 Å². The van der Waals surface area contributed by atoms with E-state index in [0.717, 1.165) is 23.9 Å². The van der Waals surface area contributed by atoms with E-state index in [9.17, 15) is 4.79 Å². The number of hydrogen-bond acceptors (Lipinski definition) is 4. The summed E-state index contributed by atoms with van der Waals surface area (Å²) in [6.45, 7) is 1.69. The number of aromatic amines is 1. The Bertz CT molecular complexity index is 595. The Kier molecular flexibility index (Phi) is 5.08. The van der Waals surface area contributed by atoms with E-state index in [2.05, 4.69) is 41.6 Å². The van der Waals surface area contributed by atoms with Crippen LogP contribution in [-0.4, -0.2) is 53.4 Å². The highest BCUT2D eigenvalue weighted by Crippen LogP contribution is 2.20. The Morgan fingerprint density at radius 3 is 2.90 bits per heavy atom. The molecule has 6 nitrogen and oxygen atoms in total. The van der Waals surface area contributed by atoms with Gasteiger partial charge < -0.3 is 10.2 Å². The highest BCUT2D eigenvalue weighted by Gasteiger charge is 2.13. The SMILES string of the molecule is CN(C)CCCCNC(=O)c1cc(Br)cc2n[nH]nc12. The summed E-state index contributed by atoms with van der Waals surface area (Å²) in [5.41, 5.74) is 1.81. The lowest BCUT2D eigenvalue weighted by molar-refractivity contribution is 0.0954. The van der Waals surface area contributed by atoms with Gasteiger partial charge >= 0.3 is 0 Å². The summed E-state index contributed by atoms with van der Waals surface area (Å²) in [7, 11) is 4.09. The molecule has 0 unspecified atom stereocenters. The van der Waals surface area contributed by atoms with Crippen molar-refractivity contribution in [3.05, 3.63) is 22.2 Å². The molecule has 2 rings (SSSR count). The fourth-order valence-corrected chi connectivity index (χ4v) is 2.39. The number of carbonyl (C=O) groups is 1. The van der Waals surface area contributed by atoms with Crippen molar-refractivity contribution in [1.29, 1.82) is 0 Å². The summed E-state index contributed by atoms with van der Waals surface area (Å²) in [5, 5.41) is 13.5. The van der Waals surface area contributed by atoms with Gasteiger partial charge in [-0.25, -0.2) is 0 Å². The van der Waals surface area contributed by atoms with Gasteiger partial charge in [-0.1, -0.05) is 15.9 Å². The molecule has 0 spiro atoms. The fraction of sp³-hybridized carbons (Fsp3) is 0.462. The zero-order valence-corrected chi connectivity index (χ0v) is 13.2. The van der Waals surface area contributed by atoms with Crippen molar-refractivity contribution in [1.82, 2.24) is 25.6 Å². The maximum Gasteiger partial charge on any atom is 0.253 e. The highest BCUT2D eigenvalue weighted by molar-refractivity contribution is 9.10. The van der Waals surface area contributed by atoms with E-state index in [1.807, 2.05) is 20.2 Å². The Morgan fingerprint density at radius 2 is 2.15 bits per heavy atom. The smallest absolute Gasteiger partial charge is 0.253 e. The van der Waals surface area contributed by atoms with Crippen molar-refractivity contribution in [3.63, 3.8) is 0 Å². The summed E-state index contributed by atoms with van der Waals surface area (Å²) in [4.78, 5) is 14.3. The molecule has 0 aliphatic heterocycles. The summed E-state index contributed by atoms with van der Waals surface area (Å²) >= 11 is 3.38. The number of benzene rings is 1. The molecule has 2 aromatic rings. The van der Waals surface area contributed by atoms with E-state index in [1.54, 1.807) is 6.07 Å². The Balaban J connectivity index is 1.96. The number of halogens is 1. The number of hydrogen-bond donors (Lipinski definition) is 2. The predicted octanol–water partition coefficient (Wildman–Crippen LogP) is 1.79. The lowest BCUT2D eigenvalue weighted by atomic mass is 10.1. The Morgan fingerprint density at radius 1 is 1.35 bits per heavy atom. The van der Waals surface area contributed by atoms with Crippen molar-refractivity contribution >= 4 is 32.9 Å². The molecular weight excluding hydrogens is 322 g/mol. The van der Waals surface area contributed by atoms with Crippen LogP contribution < -0.4 is 5.32 Å². The van der Waals surface area contributed by atoms with E-state index < -0.39 is 0 Å². The van der Waals surface area contributed by atoms with E-state index >= 15 is 0 Å². The number of nitrogens with zero attached hydrogens (tertiary/aromatic N) is 3. The number of H-pyrrole nitrogens is 1. The zero-order chi connectivity index (χ0) is 14.5. The van der Waals surface area contributed by atoms with Crippen LogP contribution in [0.15, 0.2) is 16.6 Å². The first-order valence-corrected chi connectivity index (χ1v) is 7.30. The van der Waals surface area contributed by atoms with Crippen LogP contribution in [0.2, 0.25) is 0 Å². The van der Waals surface area contributed by atoms with Gasteiger partial charge in [-0.05, 0) is 45.6 Å². The molecule has 0 aliphatic rings. The molecule has 0 radical (unpaired) electrons. The van der Waals surface area contributed by atoms with Gasteiger partial charge in [0, 0.05) is 11.0 Å². The third-order valence-electron chi connectivity index (χ3n) is 2.95. The van der Waals surface area contributed by atoms with Crippen LogP contribution in [0.1, 0.15) is 23.2 Å². The van der Waals surface area contributed by atoms with Gasteiger partial charge in [-0.2, -0.15) is 15.4 Å². The van der Waals surface area contributed by atoms with E-state index in [-0.39, 0.29) is 5.91 Å².